The first-order valence-corrected chi connectivity index (χ1v) is 23.5. The molecule has 3 heterocycles. The number of aromatic nitrogens is 2. The van der Waals surface area contributed by atoms with E-state index in [9.17, 15) is 0 Å². The Morgan fingerprint density at radius 1 is 0.812 bits per heavy atom. The Labute approximate surface area is 305 Å². The van der Waals surface area contributed by atoms with Gasteiger partial charge in [0.1, 0.15) is 5.58 Å². The number of rotatable bonds is 6. The van der Waals surface area contributed by atoms with Crippen LogP contribution in [-0.4, -0.2) is 23.2 Å². The van der Waals surface area contributed by atoms with Gasteiger partial charge in [-0.1, -0.05) is 78.4 Å². The molecular weight excluding hydrogens is 825 g/mol. The maximum atomic E-state index is 7.57. The van der Waals surface area contributed by atoms with Gasteiger partial charge < -0.3 is 9.40 Å². The minimum atomic E-state index is -2.10. The molecule has 7 aromatic rings. The molecule has 4 aromatic carbocycles. The van der Waals surface area contributed by atoms with E-state index in [4.69, 9.17) is 8.53 Å². The second kappa shape index (κ2) is 15.2. The zero-order valence-corrected chi connectivity index (χ0v) is 32.8. The van der Waals surface area contributed by atoms with E-state index in [2.05, 4.69) is 96.7 Å². The summed E-state index contributed by atoms with van der Waals surface area (Å²) in [7, 11) is 0. The van der Waals surface area contributed by atoms with Gasteiger partial charge in [-0.25, -0.2) is 0 Å². The van der Waals surface area contributed by atoms with Crippen molar-refractivity contribution in [3.8, 4) is 33.6 Å². The van der Waals surface area contributed by atoms with Crippen molar-refractivity contribution in [1.82, 2.24) is 9.97 Å². The molecule has 0 bridgehead atoms. The van der Waals surface area contributed by atoms with Crippen LogP contribution in [0.25, 0.3) is 55.6 Å². The first-order valence-electron chi connectivity index (χ1n) is 17.7. The van der Waals surface area contributed by atoms with Crippen LogP contribution in [0, 0.1) is 31.8 Å². The third-order valence-electron chi connectivity index (χ3n) is 8.28. The molecule has 0 aliphatic rings. The number of nitrogens with zero attached hydrogens (tertiary/aromatic N) is 2. The van der Waals surface area contributed by atoms with Crippen LogP contribution in [0.4, 0.5) is 0 Å². The van der Waals surface area contributed by atoms with Crippen LogP contribution in [0.1, 0.15) is 34.7 Å². The molecule has 0 amide bonds. The monoisotopic (exact) mass is 872 g/mol. The van der Waals surface area contributed by atoms with Gasteiger partial charge in [0.2, 0.25) is 0 Å². The van der Waals surface area contributed by atoms with Gasteiger partial charge in [0.25, 0.3) is 0 Å². The fraction of sp³-hybridized carbons (Fsp3) is 0.209. The van der Waals surface area contributed by atoms with Crippen molar-refractivity contribution in [3.63, 3.8) is 0 Å². The van der Waals surface area contributed by atoms with Crippen LogP contribution in [-0.2, 0) is 26.5 Å². The predicted molar refractivity (Wildman–Crippen MR) is 201 cm³/mol. The summed E-state index contributed by atoms with van der Waals surface area (Å²) in [4.78, 5) is 9.19. The molecule has 3 nitrogen and oxygen atoms in total. The van der Waals surface area contributed by atoms with E-state index < -0.39 is 20.1 Å². The molecular formula is C43H42GeIrN2O-2. The number of benzene rings is 4. The van der Waals surface area contributed by atoms with E-state index in [0.717, 1.165) is 62.0 Å². The Balaban J connectivity index is 0.000000237. The molecule has 0 spiro atoms. The Bertz CT molecular complexity index is 2260. The quantitative estimate of drug-likeness (QED) is 0.123. The van der Waals surface area contributed by atoms with Crippen LogP contribution >= 0.6 is 0 Å². The van der Waals surface area contributed by atoms with Crippen molar-refractivity contribution < 1.29 is 28.6 Å². The third-order valence-corrected chi connectivity index (χ3v) is 12.8. The van der Waals surface area contributed by atoms with Gasteiger partial charge in [-0.2, -0.15) is 0 Å². The number of furan rings is 1. The third kappa shape index (κ3) is 8.06. The predicted octanol–water partition coefficient (Wildman–Crippen LogP) is 11.0. The van der Waals surface area contributed by atoms with Gasteiger partial charge in [-0.15, -0.1) is 18.2 Å². The minimum Gasteiger partial charge on any atom is -0.501 e. The van der Waals surface area contributed by atoms with Gasteiger partial charge in [0.05, 0.1) is 5.58 Å². The number of pyridine rings is 2. The van der Waals surface area contributed by atoms with Gasteiger partial charge >= 0.3 is 106 Å². The van der Waals surface area contributed by atoms with Crippen molar-refractivity contribution >= 4 is 39.6 Å². The molecule has 3 aromatic heterocycles. The maximum absolute atomic E-state index is 7.57. The summed E-state index contributed by atoms with van der Waals surface area (Å²) in [5, 5.41) is 2.06. The minimum absolute atomic E-state index is 0. The topological polar surface area (TPSA) is 38.9 Å². The molecule has 0 aliphatic carbocycles. The van der Waals surface area contributed by atoms with Gasteiger partial charge in [-0.05, 0) is 48.1 Å². The van der Waals surface area contributed by atoms with Gasteiger partial charge in [-0.3, -0.25) is 0 Å². The summed E-state index contributed by atoms with van der Waals surface area (Å²) in [6.07, 6.45) is 4.92. The molecule has 1 radical (unpaired) electrons. The second-order valence-corrected chi connectivity index (χ2v) is 24.1. The van der Waals surface area contributed by atoms with Crippen molar-refractivity contribution in [3.05, 3.63) is 138 Å². The summed E-state index contributed by atoms with van der Waals surface area (Å²) in [6.45, 7) is 4.51. The van der Waals surface area contributed by atoms with Crippen LogP contribution < -0.4 is 4.40 Å². The van der Waals surface area contributed by atoms with Crippen molar-refractivity contribution in [1.29, 1.82) is 0 Å². The van der Waals surface area contributed by atoms with E-state index in [1.165, 1.54) is 15.5 Å². The Hall–Kier alpha value is -3.83. The van der Waals surface area contributed by atoms with Crippen molar-refractivity contribution in [2.45, 2.75) is 51.3 Å². The maximum Gasteiger partial charge on any atom is 0.121 e. The van der Waals surface area contributed by atoms with Crippen LogP contribution in [0.3, 0.4) is 0 Å². The molecule has 48 heavy (non-hydrogen) atoms. The van der Waals surface area contributed by atoms with Crippen LogP contribution in [0.5, 0.6) is 0 Å². The molecule has 0 saturated carbocycles. The van der Waals surface area contributed by atoms with E-state index >= 15 is 0 Å². The molecule has 5 heteroatoms. The summed E-state index contributed by atoms with van der Waals surface area (Å²) < 4.78 is 30.5. The second-order valence-electron chi connectivity index (χ2n) is 13.5. The molecule has 0 atom stereocenters. The molecule has 0 fully saturated rings. The number of aryl methyl sites for hydroxylation is 2. The standard InChI is InChI=1S/C28H24NO.C15H18GeN.Ir/c1-18(2)15-20-13-14-29-26(16-20)25-6-4-5-24-23-12-11-22(17-27(23)30-28(24)25)21-9-7-19(3)8-10-21;1-12-10-15(13-8-6-5-7-9-13)17-11-14(12)16(2,3)4;/h4-5,7-14,16-18H,15H2,1-3H3;5-8,10-11H,1-4H3;/q2*-1;/i3D3;;. The largest absolute Gasteiger partial charge is 0.501 e. The van der Waals surface area contributed by atoms with E-state index in [0.29, 0.717) is 11.5 Å². The Morgan fingerprint density at radius 2 is 1.60 bits per heavy atom. The fourth-order valence-corrected chi connectivity index (χ4v) is 9.61. The number of hydrogen-bond donors (Lipinski definition) is 0. The van der Waals surface area contributed by atoms with E-state index in [-0.39, 0.29) is 20.1 Å². The zero-order chi connectivity index (χ0) is 35.6. The molecule has 245 valence electrons. The van der Waals surface area contributed by atoms with E-state index in [1.54, 1.807) is 12.1 Å². The first kappa shape index (κ1) is 31.4. The first-order chi connectivity index (χ1) is 23.8. The summed E-state index contributed by atoms with van der Waals surface area (Å²) in [5.41, 5.74) is 10.3. The van der Waals surface area contributed by atoms with Crippen LogP contribution in [0.15, 0.2) is 114 Å². The summed E-state index contributed by atoms with van der Waals surface area (Å²) in [5.74, 6) is 7.77. The fourth-order valence-electron chi connectivity index (χ4n) is 6.02. The summed E-state index contributed by atoms with van der Waals surface area (Å²) in [6, 6.07) is 38.0. The Morgan fingerprint density at radius 3 is 2.29 bits per heavy atom. The summed E-state index contributed by atoms with van der Waals surface area (Å²) >= 11 is -1.77. The molecule has 0 unspecified atom stereocenters. The molecule has 0 aliphatic heterocycles. The molecule has 0 saturated heterocycles. The average molecular weight is 871 g/mol. The van der Waals surface area contributed by atoms with E-state index in [1.807, 2.05) is 60.8 Å². The van der Waals surface area contributed by atoms with Crippen LogP contribution in [0.2, 0.25) is 17.3 Å². The normalized spacial score (nSPS) is 12.5. The number of hydrogen-bond acceptors (Lipinski definition) is 3. The Kier molecular flexibility index (Phi) is 9.93. The SMILES string of the molecule is Cc1cc(-c2[c-]cccc2)nc[c]1[Ge]([CH3])([CH3])[CH3].[2H]C([2H])([2H])c1ccc(-c2ccc3c(c2)oc2c(-c4cc(CC(C)C)ccn4)[c-]ccc23)cc1.[Ir]. The van der Waals surface area contributed by atoms with Crippen molar-refractivity contribution in [2.75, 3.05) is 0 Å². The number of fused-ring (bicyclic) bond motifs is 3. The zero-order valence-electron chi connectivity index (χ0n) is 31.3. The molecule has 7 rings (SSSR count). The van der Waals surface area contributed by atoms with Crippen molar-refractivity contribution in [2.24, 2.45) is 5.92 Å². The van der Waals surface area contributed by atoms with Gasteiger partial charge in [0, 0.05) is 35.8 Å². The molecule has 0 N–H and O–H groups in total. The van der Waals surface area contributed by atoms with Gasteiger partial charge in [0.15, 0.2) is 0 Å². The smallest absolute Gasteiger partial charge is 0.121 e. The average Bonchev–Trinajstić information content (AvgIpc) is 3.46.